The van der Waals surface area contributed by atoms with Gasteiger partial charge in [-0.05, 0) is 24.6 Å². The first-order valence-electron chi connectivity index (χ1n) is 5.43. The number of hydrogen-bond acceptors (Lipinski definition) is 2. The van der Waals surface area contributed by atoms with Gasteiger partial charge in [-0.1, -0.05) is 19.1 Å². The van der Waals surface area contributed by atoms with E-state index in [0.29, 0.717) is 0 Å². The first-order chi connectivity index (χ1) is 7.72. The van der Waals surface area contributed by atoms with Crippen LogP contribution in [-0.4, -0.2) is 21.3 Å². The van der Waals surface area contributed by atoms with E-state index in [9.17, 15) is 0 Å². The summed E-state index contributed by atoms with van der Waals surface area (Å²) in [6.07, 6.45) is 3.73. The van der Waals surface area contributed by atoms with Gasteiger partial charge in [-0.15, -0.1) is 0 Å². The van der Waals surface area contributed by atoms with Crippen LogP contribution in [0.1, 0.15) is 24.2 Å². The molecule has 3 nitrogen and oxygen atoms in total. The zero-order valence-electron chi connectivity index (χ0n) is 9.59. The van der Waals surface area contributed by atoms with E-state index >= 15 is 0 Å². The summed E-state index contributed by atoms with van der Waals surface area (Å²) in [6, 6.07) is 8.19. The van der Waals surface area contributed by atoms with Crippen LogP contribution in [0.5, 0.6) is 0 Å². The summed E-state index contributed by atoms with van der Waals surface area (Å²) in [4.78, 5) is 4.20. The van der Waals surface area contributed by atoms with Crippen molar-refractivity contribution in [1.29, 1.82) is 0 Å². The van der Waals surface area contributed by atoms with Crippen molar-refractivity contribution < 1.29 is 5.11 Å². The lowest BCUT2D eigenvalue weighted by molar-refractivity contribution is 0.273. The largest absolute Gasteiger partial charge is 0.396 e. The van der Waals surface area contributed by atoms with Crippen LogP contribution in [0.2, 0.25) is 0 Å². The number of imidazole rings is 1. The number of aromatic nitrogens is 2. The predicted molar refractivity (Wildman–Crippen MR) is 63.8 cm³/mol. The van der Waals surface area contributed by atoms with E-state index in [1.165, 1.54) is 0 Å². The molecule has 0 aliphatic rings. The molecule has 1 heterocycles. The van der Waals surface area contributed by atoms with Crippen LogP contribution < -0.4 is 0 Å². The molecule has 2 aromatic rings. The molecule has 0 amide bonds. The Hall–Kier alpha value is -1.61. The van der Waals surface area contributed by atoms with Gasteiger partial charge < -0.3 is 9.67 Å². The summed E-state index contributed by atoms with van der Waals surface area (Å²) in [5.74, 6) is 1.14. The Labute approximate surface area is 95.4 Å². The highest BCUT2D eigenvalue weighted by molar-refractivity contribution is 5.38. The fourth-order valence-corrected chi connectivity index (χ4v) is 1.74. The van der Waals surface area contributed by atoms with Crippen LogP contribution in [0.25, 0.3) is 5.69 Å². The van der Waals surface area contributed by atoms with Gasteiger partial charge in [0.25, 0.3) is 0 Å². The molecule has 0 aliphatic heterocycles. The highest BCUT2D eigenvalue weighted by atomic mass is 16.3. The Morgan fingerprint density at radius 2 is 2.25 bits per heavy atom. The molecule has 0 aliphatic carbocycles. The van der Waals surface area contributed by atoms with Crippen molar-refractivity contribution in [3.8, 4) is 5.69 Å². The predicted octanol–water partition coefficient (Wildman–Crippen LogP) is 2.28. The van der Waals surface area contributed by atoms with Gasteiger partial charge in [0.2, 0.25) is 0 Å². The lowest BCUT2D eigenvalue weighted by atomic mass is 10.0. The van der Waals surface area contributed by atoms with Crippen LogP contribution in [0.15, 0.2) is 36.7 Å². The molecule has 3 heteroatoms. The van der Waals surface area contributed by atoms with E-state index in [2.05, 4.69) is 11.1 Å². The molecular formula is C13H16N2O. The first kappa shape index (κ1) is 10.9. The molecule has 1 unspecified atom stereocenters. The van der Waals surface area contributed by atoms with E-state index in [0.717, 1.165) is 17.1 Å². The van der Waals surface area contributed by atoms with E-state index in [-0.39, 0.29) is 12.5 Å². The van der Waals surface area contributed by atoms with E-state index < -0.39 is 0 Å². The molecule has 0 radical (unpaired) electrons. The molecule has 16 heavy (non-hydrogen) atoms. The highest BCUT2D eigenvalue weighted by Gasteiger charge is 2.06. The van der Waals surface area contributed by atoms with Crippen LogP contribution in [0.4, 0.5) is 0 Å². The van der Waals surface area contributed by atoms with Crippen molar-refractivity contribution in [3.63, 3.8) is 0 Å². The van der Waals surface area contributed by atoms with Gasteiger partial charge >= 0.3 is 0 Å². The molecule has 1 atom stereocenters. The van der Waals surface area contributed by atoms with Crippen molar-refractivity contribution >= 4 is 0 Å². The molecule has 2 rings (SSSR count). The summed E-state index contributed by atoms with van der Waals surface area (Å²) in [5.41, 5.74) is 2.24. The Morgan fingerprint density at radius 3 is 2.88 bits per heavy atom. The molecule has 0 bridgehead atoms. The monoisotopic (exact) mass is 216 g/mol. The van der Waals surface area contributed by atoms with Gasteiger partial charge in [0.15, 0.2) is 0 Å². The Bertz CT molecular complexity index is 476. The van der Waals surface area contributed by atoms with Crippen molar-refractivity contribution in [3.05, 3.63) is 48.0 Å². The third kappa shape index (κ3) is 1.99. The minimum Gasteiger partial charge on any atom is -0.396 e. The maximum Gasteiger partial charge on any atom is 0.110 e. The maximum atomic E-state index is 9.15. The Morgan fingerprint density at radius 1 is 1.44 bits per heavy atom. The zero-order chi connectivity index (χ0) is 11.5. The second kappa shape index (κ2) is 4.49. The second-order valence-electron chi connectivity index (χ2n) is 4.02. The molecular weight excluding hydrogens is 200 g/mol. The van der Waals surface area contributed by atoms with Crippen molar-refractivity contribution in [2.45, 2.75) is 19.8 Å². The third-order valence-electron chi connectivity index (χ3n) is 2.82. The zero-order valence-corrected chi connectivity index (χ0v) is 9.59. The molecule has 84 valence electrons. The second-order valence-corrected chi connectivity index (χ2v) is 4.02. The van der Waals surface area contributed by atoms with E-state index in [1.807, 2.05) is 42.8 Å². The first-order valence-corrected chi connectivity index (χ1v) is 5.43. The number of rotatable bonds is 3. The standard InChI is InChI=1S/C13H16N2O/c1-10(9-16)12-4-3-5-13(8-12)15-7-6-14-11(15)2/h3-8,10,16H,9H2,1-2H3. The number of benzene rings is 1. The molecule has 1 aromatic carbocycles. The van der Waals surface area contributed by atoms with E-state index in [1.54, 1.807) is 6.20 Å². The third-order valence-corrected chi connectivity index (χ3v) is 2.82. The maximum absolute atomic E-state index is 9.15. The van der Waals surface area contributed by atoms with Crippen LogP contribution in [0.3, 0.4) is 0 Å². The molecule has 0 saturated carbocycles. The summed E-state index contributed by atoms with van der Waals surface area (Å²) >= 11 is 0. The van der Waals surface area contributed by atoms with Gasteiger partial charge in [0.05, 0.1) is 0 Å². The smallest absolute Gasteiger partial charge is 0.110 e. The van der Waals surface area contributed by atoms with Gasteiger partial charge in [-0.25, -0.2) is 4.98 Å². The van der Waals surface area contributed by atoms with Gasteiger partial charge in [0, 0.05) is 30.6 Å². The molecule has 0 saturated heterocycles. The number of aryl methyl sites for hydroxylation is 1. The summed E-state index contributed by atoms with van der Waals surface area (Å²) in [6.45, 7) is 4.16. The number of hydrogen-bond donors (Lipinski definition) is 1. The number of aliphatic hydroxyl groups is 1. The summed E-state index contributed by atoms with van der Waals surface area (Å²) in [5, 5.41) is 9.15. The minimum atomic E-state index is 0.170. The molecule has 1 N–H and O–H groups in total. The average Bonchev–Trinajstić information content (AvgIpc) is 2.74. The lowest BCUT2D eigenvalue weighted by Gasteiger charge is -2.11. The average molecular weight is 216 g/mol. The molecule has 1 aromatic heterocycles. The number of nitrogens with zero attached hydrogens (tertiary/aromatic N) is 2. The van der Waals surface area contributed by atoms with Crippen LogP contribution >= 0.6 is 0 Å². The topological polar surface area (TPSA) is 38.0 Å². The number of aliphatic hydroxyl groups excluding tert-OH is 1. The molecule has 0 fully saturated rings. The molecule has 0 spiro atoms. The van der Waals surface area contributed by atoms with E-state index in [4.69, 9.17) is 5.11 Å². The van der Waals surface area contributed by atoms with Crippen molar-refractivity contribution in [2.24, 2.45) is 0 Å². The lowest BCUT2D eigenvalue weighted by Crippen LogP contribution is -2.01. The van der Waals surface area contributed by atoms with Crippen molar-refractivity contribution in [1.82, 2.24) is 9.55 Å². The highest BCUT2D eigenvalue weighted by Crippen LogP contribution is 2.18. The Balaban J connectivity index is 2.40. The normalized spacial score (nSPS) is 12.7. The van der Waals surface area contributed by atoms with Crippen LogP contribution in [-0.2, 0) is 0 Å². The summed E-state index contributed by atoms with van der Waals surface area (Å²) in [7, 11) is 0. The van der Waals surface area contributed by atoms with Gasteiger partial charge in [-0.3, -0.25) is 0 Å². The van der Waals surface area contributed by atoms with Gasteiger partial charge in [0.1, 0.15) is 5.82 Å². The fourth-order valence-electron chi connectivity index (χ4n) is 1.74. The Kier molecular flexibility index (Phi) is 3.06. The van der Waals surface area contributed by atoms with Crippen molar-refractivity contribution in [2.75, 3.05) is 6.61 Å². The minimum absolute atomic E-state index is 0.170. The fraction of sp³-hybridized carbons (Fsp3) is 0.308. The van der Waals surface area contributed by atoms with Crippen LogP contribution in [0, 0.1) is 6.92 Å². The quantitative estimate of drug-likeness (QED) is 0.854. The SMILES string of the molecule is Cc1nccn1-c1cccc(C(C)CO)c1. The summed E-state index contributed by atoms with van der Waals surface area (Å²) < 4.78 is 2.04. The van der Waals surface area contributed by atoms with Gasteiger partial charge in [-0.2, -0.15) is 0 Å².